The van der Waals surface area contributed by atoms with E-state index in [0.717, 1.165) is 50.7 Å². The summed E-state index contributed by atoms with van der Waals surface area (Å²) in [5.41, 5.74) is 0. The molecule has 0 bridgehead atoms. The van der Waals surface area contributed by atoms with Crippen molar-refractivity contribution < 1.29 is 13.6 Å². The Kier molecular flexibility index (Phi) is 8.20. The maximum atomic E-state index is 6.21. The molecular formula is C18H33NO3Si. The summed E-state index contributed by atoms with van der Waals surface area (Å²) in [7, 11) is -2.02. The second-order valence-corrected chi connectivity index (χ2v) is 9.67. The Morgan fingerprint density at radius 2 is 1.70 bits per heavy atom. The first kappa shape index (κ1) is 18.6. The smallest absolute Gasteiger partial charge is 0.338 e. The van der Waals surface area contributed by atoms with Gasteiger partial charge in [0, 0.05) is 26.3 Å². The fraction of sp³-hybridized carbons (Fsp3) is 0.778. The van der Waals surface area contributed by atoms with Gasteiger partial charge in [0.15, 0.2) is 5.88 Å². The van der Waals surface area contributed by atoms with E-state index in [4.69, 9.17) is 13.6 Å². The van der Waals surface area contributed by atoms with Crippen LogP contribution in [-0.2, 0) is 13.6 Å². The average molecular weight is 340 g/mol. The second-order valence-electron chi connectivity index (χ2n) is 6.28. The van der Waals surface area contributed by atoms with Crippen molar-refractivity contribution in [3.05, 3.63) is 24.1 Å². The molecule has 132 valence electrons. The first-order valence-electron chi connectivity index (χ1n) is 9.32. The van der Waals surface area contributed by atoms with Crippen LogP contribution in [0.5, 0.6) is 0 Å². The summed E-state index contributed by atoms with van der Waals surface area (Å²) in [6, 6.07) is 2.24. The first-order chi connectivity index (χ1) is 11.3. The molecule has 0 aromatic rings. The van der Waals surface area contributed by atoms with Crippen LogP contribution in [0.3, 0.4) is 0 Å². The number of rotatable bonds is 5. The zero-order valence-corrected chi connectivity index (χ0v) is 15.9. The largest absolute Gasteiger partial charge is 0.475 e. The first-order valence-corrected chi connectivity index (χ1v) is 11.6. The maximum absolute atomic E-state index is 6.21. The molecule has 1 fully saturated rings. The maximum Gasteiger partial charge on any atom is 0.338 e. The minimum absolute atomic E-state index is 0.693. The molecule has 0 radical (unpaired) electrons. The molecule has 23 heavy (non-hydrogen) atoms. The van der Waals surface area contributed by atoms with Crippen molar-refractivity contribution in [2.75, 3.05) is 32.9 Å². The van der Waals surface area contributed by atoms with Crippen molar-refractivity contribution in [1.82, 2.24) is 4.90 Å². The van der Waals surface area contributed by atoms with Gasteiger partial charge in [-0.1, -0.05) is 25.3 Å². The third-order valence-corrected chi connectivity index (χ3v) is 8.41. The molecule has 2 heterocycles. The quantitative estimate of drug-likeness (QED) is 0.703. The Morgan fingerprint density at radius 3 is 2.39 bits per heavy atom. The van der Waals surface area contributed by atoms with E-state index in [0.29, 0.717) is 6.61 Å². The minimum Gasteiger partial charge on any atom is -0.475 e. The highest BCUT2D eigenvalue weighted by atomic mass is 28.4. The summed E-state index contributed by atoms with van der Waals surface area (Å²) in [6.07, 6.45) is 12.4. The van der Waals surface area contributed by atoms with E-state index in [2.05, 4.69) is 37.0 Å². The van der Waals surface area contributed by atoms with E-state index in [1.54, 1.807) is 0 Å². The van der Waals surface area contributed by atoms with Crippen LogP contribution in [0, 0.1) is 0 Å². The third kappa shape index (κ3) is 5.97. The van der Waals surface area contributed by atoms with Crippen LogP contribution in [0.25, 0.3) is 0 Å². The van der Waals surface area contributed by atoms with Gasteiger partial charge in [0.05, 0.1) is 0 Å². The highest BCUT2D eigenvalue weighted by Gasteiger charge is 2.36. The fourth-order valence-corrected chi connectivity index (χ4v) is 6.94. The van der Waals surface area contributed by atoms with Crippen LogP contribution in [-0.4, -0.2) is 46.4 Å². The molecule has 0 atom stereocenters. The minimum atomic E-state index is -2.02. The van der Waals surface area contributed by atoms with Crippen molar-refractivity contribution in [1.29, 1.82) is 0 Å². The van der Waals surface area contributed by atoms with E-state index >= 15 is 0 Å². The Balaban J connectivity index is 2.01. The predicted octanol–water partition coefficient (Wildman–Crippen LogP) is 4.20. The summed E-state index contributed by atoms with van der Waals surface area (Å²) in [4.78, 5) is 2.41. The summed E-state index contributed by atoms with van der Waals surface area (Å²) in [6.45, 7) is 8.56. The number of ether oxygens (including phenoxy) is 1. The number of hydrogen-bond acceptors (Lipinski definition) is 4. The van der Waals surface area contributed by atoms with Crippen molar-refractivity contribution >= 4 is 8.56 Å². The zero-order chi connectivity index (χ0) is 16.4. The molecule has 2 rings (SSSR count). The molecule has 0 unspecified atom stereocenters. The topological polar surface area (TPSA) is 30.9 Å². The fourth-order valence-electron chi connectivity index (χ4n) is 3.49. The zero-order valence-electron chi connectivity index (χ0n) is 14.9. The average Bonchev–Trinajstić information content (AvgIpc) is 2.61. The third-order valence-electron chi connectivity index (χ3n) is 4.55. The van der Waals surface area contributed by atoms with Crippen LogP contribution in [0.1, 0.15) is 46.0 Å². The molecule has 0 N–H and O–H groups in total. The van der Waals surface area contributed by atoms with E-state index in [9.17, 15) is 0 Å². The molecule has 0 saturated carbocycles. The van der Waals surface area contributed by atoms with Gasteiger partial charge < -0.3 is 18.5 Å². The van der Waals surface area contributed by atoms with Crippen LogP contribution in [0.2, 0.25) is 12.1 Å². The van der Waals surface area contributed by atoms with Gasteiger partial charge in [-0.05, 0) is 50.9 Å². The molecule has 5 heteroatoms. The molecule has 0 spiro atoms. The van der Waals surface area contributed by atoms with Gasteiger partial charge in [0.25, 0.3) is 0 Å². The normalized spacial score (nSPS) is 22.9. The van der Waals surface area contributed by atoms with Crippen molar-refractivity contribution in [3.8, 4) is 0 Å². The van der Waals surface area contributed by atoms with E-state index in [1.807, 2.05) is 0 Å². The summed E-state index contributed by atoms with van der Waals surface area (Å²) in [5.74, 6) is 1.03. The molecule has 2 aliphatic heterocycles. The summed E-state index contributed by atoms with van der Waals surface area (Å²) in [5, 5.41) is 0. The molecular weight excluding hydrogens is 306 g/mol. The molecule has 0 aliphatic carbocycles. The van der Waals surface area contributed by atoms with Gasteiger partial charge in [0.1, 0.15) is 6.61 Å². The molecule has 0 aromatic heterocycles. The van der Waals surface area contributed by atoms with Crippen molar-refractivity contribution in [2.45, 2.75) is 58.0 Å². The van der Waals surface area contributed by atoms with E-state index in [-0.39, 0.29) is 0 Å². The lowest BCUT2D eigenvalue weighted by Gasteiger charge is -2.32. The van der Waals surface area contributed by atoms with Gasteiger partial charge in [-0.25, -0.2) is 0 Å². The summed E-state index contributed by atoms with van der Waals surface area (Å²) >= 11 is 0. The van der Waals surface area contributed by atoms with Crippen LogP contribution >= 0.6 is 0 Å². The molecule has 0 aromatic carbocycles. The van der Waals surface area contributed by atoms with Gasteiger partial charge in [-0.3, -0.25) is 0 Å². The van der Waals surface area contributed by atoms with Crippen molar-refractivity contribution in [2.24, 2.45) is 0 Å². The highest BCUT2D eigenvalue weighted by Crippen LogP contribution is 2.26. The van der Waals surface area contributed by atoms with Gasteiger partial charge in [0.2, 0.25) is 0 Å². The Bertz CT molecular complexity index is 392. The van der Waals surface area contributed by atoms with Crippen molar-refractivity contribution in [3.63, 3.8) is 0 Å². The SMILES string of the molecule is CCO[Si]1(OCC)CCCCCCN(C2=CC=CCO2)CCC1. The van der Waals surface area contributed by atoms with Crippen LogP contribution < -0.4 is 0 Å². The van der Waals surface area contributed by atoms with Crippen LogP contribution in [0.15, 0.2) is 24.1 Å². The van der Waals surface area contributed by atoms with Crippen LogP contribution in [0.4, 0.5) is 0 Å². The molecule has 1 saturated heterocycles. The standard InChI is InChI=1S/C18H33NO3Si/c1-3-21-23(22-4-2)16-10-6-5-8-13-19(14-11-17-23)18-12-7-9-15-20-18/h7,9,12H,3-6,8,10-11,13-17H2,1-2H3. The van der Waals surface area contributed by atoms with E-state index in [1.165, 1.54) is 25.7 Å². The second kappa shape index (κ2) is 10.2. The lowest BCUT2D eigenvalue weighted by molar-refractivity contribution is 0.124. The lowest BCUT2D eigenvalue weighted by atomic mass is 10.2. The lowest BCUT2D eigenvalue weighted by Crippen LogP contribution is -2.42. The predicted molar refractivity (Wildman–Crippen MR) is 96.5 cm³/mol. The van der Waals surface area contributed by atoms with Gasteiger partial charge >= 0.3 is 8.56 Å². The Hall–Kier alpha value is -0.783. The number of hydrogen-bond donors (Lipinski definition) is 0. The Labute approximate surface area is 142 Å². The number of allylic oxidation sites excluding steroid dienone is 2. The van der Waals surface area contributed by atoms with Gasteiger partial charge in [-0.15, -0.1) is 0 Å². The molecule has 4 nitrogen and oxygen atoms in total. The highest BCUT2D eigenvalue weighted by molar-refractivity contribution is 6.67. The molecule has 2 aliphatic rings. The number of nitrogens with zero attached hydrogens (tertiary/aromatic N) is 1. The summed E-state index contributed by atoms with van der Waals surface area (Å²) < 4.78 is 18.2. The Morgan fingerprint density at radius 1 is 1.00 bits per heavy atom. The monoisotopic (exact) mass is 339 g/mol. The molecule has 0 amide bonds. The van der Waals surface area contributed by atoms with E-state index < -0.39 is 8.56 Å². The van der Waals surface area contributed by atoms with Gasteiger partial charge in [-0.2, -0.15) is 0 Å².